The number of benzene rings is 1. The molecule has 0 aliphatic rings. The maximum atomic E-state index is 13.5. The van der Waals surface area contributed by atoms with Gasteiger partial charge in [-0.3, -0.25) is 9.59 Å². The smallest absolute Gasteiger partial charge is 0.408 e. The van der Waals surface area contributed by atoms with Gasteiger partial charge in [0, 0.05) is 12.1 Å². The first kappa shape index (κ1) is 28.2. The predicted molar refractivity (Wildman–Crippen MR) is 129 cm³/mol. The summed E-state index contributed by atoms with van der Waals surface area (Å²) >= 11 is 0. The van der Waals surface area contributed by atoms with Crippen LogP contribution in [0.5, 0.6) is 0 Å². The molecule has 0 spiro atoms. The standard InChI is InChI=1S/C25H39N3O5/c1-10-13-28(22(31)19(15-29)26-23(32)33-25(7,8)9)20(21(30)27-24(4,5)6)18-12-11-16(2)17(3)14-18/h10-12,14,19-20,29H,1,13,15H2,2-9H3,(H,26,32)(H,27,30). The van der Waals surface area contributed by atoms with Gasteiger partial charge >= 0.3 is 6.09 Å². The van der Waals surface area contributed by atoms with Crippen LogP contribution in [0.2, 0.25) is 0 Å². The van der Waals surface area contributed by atoms with Crippen molar-refractivity contribution in [3.05, 3.63) is 47.5 Å². The number of rotatable bonds is 8. The molecule has 184 valence electrons. The lowest BCUT2D eigenvalue weighted by Gasteiger charge is -2.35. The van der Waals surface area contributed by atoms with Crippen LogP contribution in [0.1, 0.15) is 64.3 Å². The summed E-state index contributed by atoms with van der Waals surface area (Å²) in [5.74, 6) is -1.01. The number of carbonyl (C=O) groups is 3. The molecule has 2 atom stereocenters. The maximum absolute atomic E-state index is 13.5. The van der Waals surface area contributed by atoms with Gasteiger partial charge in [0.15, 0.2) is 0 Å². The van der Waals surface area contributed by atoms with E-state index in [1.807, 2.05) is 46.8 Å². The van der Waals surface area contributed by atoms with Crippen molar-refractivity contribution in [2.45, 2.75) is 78.6 Å². The van der Waals surface area contributed by atoms with Gasteiger partial charge in [0.1, 0.15) is 17.7 Å². The van der Waals surface area contributed by atoms with Crippen molar-refractivity contribution < 1.29 is 24.2 Å². The normalized spacial score (nSPS) is 13.5. The van der Waals surface area contributed by atoms with E-state index in [9.17, 15) is 19.5 Å². The van der Waals surface area contributed by atoms with Crippen LogP contribution in [0.25, 0.3) is 0 Å². The second kappa shape index (κ2) is 11.3. The van der Waals surface area contributed by atoms with Crippen LogP contribution in [0.15, 0.2) is 30.9 Å². The van der Waals surface area contributed by atoms with Crippen molar-refractivity contribution in [1.29, 1.82) is 0 Å². The first-order valence-corrected chi connectivity index (χ1v) is 11.0. The molecule has 0 heterocycles. The van der Waals surface area contributed by atoms with E-state index < -0.39 is 41.8 Å². The number of aliphatic hydroxyl groups is 1. The monoisotopic (exact) mass is 461 g/mol. The van der Waals surface area contributed by atoms with Crippen LogP contribution in [0.3, 0.4) is 0 Å². The van der Waals surface area contributed by atoms with Gasteiger partial charge in [0.2, 0.25) is 11.8 Å². The molecule has 1 aromatic rings. The molecule has 0 aromatic heterocycles. The van der Waals surface area contributed by atoms with Crippen LogP contribution >= 0.6 is 0 Å². The molecule has 0 saturated heterocycles. The summed E-state index contributed by atoms with van der Waals surface area (Å²) < 4.78 is 5.22. The molecule has 0 saturated carbocycles. The van der Waals surface area contributed by atoms with Crippen LogP contribution in [0, 0.1) is 13.8 Å². The lowest BCUT2D eigenvalue weighted by Crippen LogP contribution is -2.55. The van der Waals surface area contributed by atoms with Gasteiger partial charge < -0.3 is 25.4 Å². The van der Waals surface area contributed by atoms with Crippen LogP contribution < -0.4 is 10.6 Å². The summed E-state index contributed by atoms with van der Waals surface area (Å²) in [5.41, 5.74) is 1.32. The van der Waals surface area contributed by atoms with Crippen LogP contribution in [-0.2, 0) is 14.3 Å². The van der Waals surface area contributed by atoms with Gasteiger partial charge in [-0.15, -0.1) is 6.58 Å². The summed E-state index contributed by atoms with van der Waals surface area (Å²) in [6, 6.07) is 3.26. The van der Waals surface area contributed by atoms with Gasteiger partial charge in [-0.2, -0.15) is 0 Å². The highest BCUT2D eigenvalue weighted by atomic mass is 16.6. The van der Waals surface area contributed by atoms with E-state index in [0.29, 0.717) is 5.56 Å². The Kier molecular flexibility index (Phi) is 9.66. The second-order valence-corrected chi connectivity index (χ2v) is 10.1. The number of ether oxygens (including phenoxy) is 1. The average molecular weight is 462 g/mol. The first-order chi connectivity index (χ1) is 15.1. The molecule has 3 N–H and O–H groups in total. The molecule has 3 amide bonds. The van der Waals surface area contributed by atoms with Gasteiger partial charge in [-0.05, 0) is 72.1 Å². The van der Waals surface area contributed by atoms with Crippen molar-refractivity contribution in [2.75, 3.05) is 13.2 Å². The van der Waals surface area contributed by atoms with Crippen molar-refractivity contribution in [1.82, 2.24) is 15.5 Å². The SMILES string of the molecule is C=CCN(C(=O)C(CO)NC(=O)OC(C)(C)C)C(C(=O)NC(C)(C)C)c1ccc(C)c(C)c1. The highest BCUT2D eigenvalue weighted by Gasteiger charge is 2.36. The average Bonchev–Trinajstić information content (AvgIpc) is 2.65. The van der Waals surface area contributed by atoms with E-state index in [-0.39, 0.29) is 12.5 Å². The Morgan fingerprint density at radius 2 is 1.73 bits per heavy atom. The highest BCUT2D eigenvalue weighted by Crippen LogP contribution is 2.25. The molecule has 1 rings (SSSR count). The van der Waals surface area contributed by atoms with Crippen molar-refractivity contribution in [2.24, 2.45) is 0 Å². The quantitative estimate of drug-likeness (QED) is 0.516. The van der Waals surface area contributed by atoms with E-state index in [4.69, 9.17) is 4.74 Å². The minimum atomic E-state index is -1.30. The Balaban J connectivity index is 3.42. The zero-order valence-corrected chi connectivity index (χ0v) is 21.1. The number of aryl methyl sites for hydroxylation is 2. The fourth-order valence-corrected chi connectivity index (χ4v) is 3.14. The number of amides is 3. The van der Waals surface area contributed by atoms with Gasteiger partial charge in [0.25, 0.3) is 0 Å². The van der Waals surface area contributed by atoms with Crippen molar-refractivity contribution in [3.63, 3.8) is 0 Å². The number of aliphatic hydroxyl groups excluding tert-OH is 1. The summed E-state index contributed by atoms with van der Waals surface area (Å²) in [6.07, 6.45) is 0.661. The van der Waals surface area contributed by atoms with Gasteiger partial charge in [-0.1, -0.05) is 24.3 Å². The van der Waals surface area contributed by atoms with Crippen molar-refractivity contribution in [3.8, 4) is 0 Å². The predicted octanol–water partition coefficient (Wildman–Crippen LogP) is 3.16. The summed E-state index contributed by atoms with van der Waals surface area (Å²) in [7, 11) is 0. The molecule has 0 radical (unpaired) electrons. The number of nitrogens with zero attached hydrogens (tertiary/aromatic N) is 1. The number of carbonyl (C=O) groups excluding carboxylic acids is 3. The summed E-state index contributed by atoms with van der Waals surface area (Å²) in [4.78, 5) is 40.4. The second-order valence-electron chi connectivity index (χ2n) is 10.1. The molecule has 1 aromatic carbocycles. The summed E-state index contributed by atoms with van der Waals surface area (Å²) in [6.45, 7) is 17.6. The third kappa shape index (κ3) is 8.88. The van der Waals surface area contributed by atoms with E-state index in [0.717, 1.165) is 11.1 Å². The lowest BCUT2D eigenvalue weighted by atomic mass is 9.97. The fourth-order valence-electron chi connectivity index (χ4n) is 3.14. The number of nitrogens with one attached hydrogen (secondary N) is 2. The fraction of sp³-hybridized carbons (Fsp3) is 0.560. The van der Waals surface area contributed by atoms with Crippen molar-refractivity contribution >= 4 is 17.9 Å². The van der Waals surface area contributed by atoms with Gasteiger partial charge in [0.05, 0.1) is 6.61 Å². The topological polar surface area (TPSA) is 108 Å². The number of alkyl carbamates (subject to hydrolysis) is 1. The molecule has 0 aliphatic heterocycles. The Morgan fingerprint density at radius 1 is 1.12 bits per heavy atom. The first-order valence-electron chi connectivity index (χ1n) is 11.0. The Hall–Kier alpha value is -2.87. The molecule has 2 unspecified atom stereocenters. The number of hydrogen-bond acceptors (Lipinski definition) is 5. The number of hydrogen-bond donors (Lipinski definition) is 3. The summed E-state index contributed by atoms with van der Waals surface area (Å²) in [5, 5.41) is 15.2. The Bertz CT molecular complexity index is 868. The highest BCUT2D eigenvalue weighted by molar-refractivity contribution is 5.92. The third-order valence-electron chi connectivity index (χ3n) is 4.69. The zero-order valence-electron chi connectivity index (χ0n) is 21.1. The van der Waals surface area contributed by atoms with Gasteiger partial charge in [-0.25, -0.2) is 4.79 Å². The van der Waals surface area contributed by atoms with E-state index in [2.05, 4.69) is 17.2 Å². The molecular weight excluding hydrogens is 422 g/mol. The molecule has 8 nitrogen and oxygen atoms in total. The molecule has 0 bridgehead atoms. The maximum Gasteiger partial charge on any atom is 0.408 e. The van der Waals surface area contributed by atoms with Crippen LogP contribution in [-0.4, -0.2) is 58.2 Å². The Labute approximate surface area is 197 Å². The molecule has 0 aliphatic carbocycles. The van der Waals surface area contributed by atoms with E-state index in [1.54, 1.807) is 26.8 Å². The Morgan fingerprint density at radius 3 is 2.18 bits per heavy atom. The minimum absolute atomic E-state index is 0.0283. The molecular formula is C25H39N3O5. The lowest BCUT2D eigenvalue weighted by molar-refractivity contribution is -0.143. The van der Waals surface area contributed by atoms with E-state index in [1.165, 1.54) is 11.0 Å². The molecule has 8 heteroatoms. The third-order valence-corrected chi connectivity index (χ3v) is 4.69. The largest absolute Gasteiger partial charge is 0.444 e. The molecule has 33 heavy (non-hydrogen) atoms. The minimum Gasteiger partial charge on any atom is -0.444 e. The van der Waals surface area contributed by atoms with Crippen LogP contribution in [0.4, 0.5) is 4.79 Å². The molecule has 0 fully saturated rings. The van der Waals surface area contributed by atoms with E-state index >= 15 is 0 Å². The zero-order chi connectivity index (χ0) is 25.6.